The largest absolute Gasteiger partial charge is 0.485 e. The first-order valence-corrected chi connectivity index (χ1v) is 14.8. The highest BCUT2D eigenvalue weighted by molar-refractivity contribution is 6.27. The minimum atomic E-state index is 0.107. The molecule has 1 aliphatic heterocycles. The molecule has 2 unspecified atom stereocenters. The molecule has 198 valence electrons. The highest BCUT2D eigenvalue weighted by atomic mass is 16.5. The molecule has 1 heteroatoms. The molecule has 0 spiro atoms. The number of hydrogen-bond acceptors (Lipinski definition) is 1. The smallest absolute Gasteiger partial charge is 0.128 e. The van der Waals surface area contributed by atoms with Gasteiger partial charge < -0.3 is 4.74 Å². The minimum Gasteiger partial charge on any atom is -0.485 e. The Labute approximate surface area is 245 Å². The Kier molecular flexibility index (Phi) is 5.01. The molecule has 2 atom stereocenters. The van der Waals surface area contributed by atoms with Gasteiger partial charge in [0.2, 0.25) is 0 Å². The number of benzene rings is 7. The maximum atomic E-state index is 6.20. The van der Waals surface area contributed by atoms with Crippen LogP contribution in [-0.4, -0.2) is 6.10 Å². The van der Waals surface area contributed by atoms with E-state index in [1.54, 1.807) is 0 Å². The Morgan fingerprint density at radius 3 is 1.90 bits per heavy atom. The van der Waals surface area contributed by atoms with E-state index >= 15 is 0 Å². The molecule has 7 aromatic carbocycles. The molecule has 0 saturated carbocycles. The van der Waals surface area contributed by atoms with E-state index in [2.05, 4.69) is 146 Å². The maximum Gasteiger partial charge on any atom is 0.128 e. The van der Waals surface area contributed by atoms with Gasteiger partial charge in [0.1, 0.15) is 11.9 Å². The SMILES string of the molecule is Cc1ccc(-c2ccc3ccc4c(-c5cccc(-c6ccc7c(c6)C6C=CC=CC6O7)c5)ccc5ccc2c3c54)cc1. The summed E-state index contributed by atoms with van der Waals surface area (Å²) in [6.07, 6.45) is 8.73. The number of fused-ring (bicyclic) bond motifs is 3. The maximum absolute atomic E-state index is 6.20. The van der Waals surface area contributed by atoms with Gasteiger partial charge in [0, 0.05) is 11.5 Å². The molecule has 0 aromatic heterocycles. The summed E-state index contributed by atoms with van der Waals surface area (Å²) in [5.74, 6) is 1.29. The van der Waals surface area contributed by atoms with Gasteiger partial charge in [-0.25, -0.2) is 0 Å². The van der Waals surface area contributed by atoms with E-state index in [9.17, 15) is 0 Å². The predicted molar refractivity (Wildman–Crippen MR) is 177 cm³/mol. The fraction of sp³-hybridized carbons (Fsp3) is 0.0732. The third kappa shape index (κ3) is 3.50. The van der Waals surface area contributed by atoms with Gasteiger partial charge in [-0.2, -0.15) is 0 Å². The summed E-state index contributed by atoms with van der Waals surface area (Å²) in [5.41, 5.74) is 10.1. The van der Waals surface area contributed by atoms with E-state index < -0.39 is 0 Å². The zero-order valence-electron chi connectivity index (χ0n) is 23.3. The molecule has 0 N–H and O–H groups in total. The Balaban J connectivity index is 1.20. The first-order valence-electron chi connectivity index (χ1n) is 14.8. The van der Waals surface area contributed by atoms with Gasteiger partial charge in [-0.3, -0.25) is 0 Å². The molecule has 0 amide bonds. The van der Waals surface area contributed by atoms with Gasteiger partial charge in [0.05, 0.1) is 0 Å². The van der Waals surface area contributed by atoms with Crippen LogP contribution in [0.4, 0.5) is 0 Å². The van der Waals surface area contributed by atoms with Crippen LogP contribution in [0.15, 0.2) is 140 Å². The van der Waals surface area contributed by atoms with Crippen molar-refractivity contribution < 1.29 is 4.74 Å². The zero-order chi connectivity index (χ0) is 27.8. The lowest BCUT2D eigenvalue weighted by molar-refractivity contribution is 0.269. The highest BCUT2D eigenvalue weighted by Gasteiger charge is 2.32. The van der Waals surface area contributed by atoms with E-state index in [1.165, 1.54) is 76.8 Å². The summed E-state index contributed by atoms with van der Waals surface area (Å²) in [6, 6.07) is 42.9. The second-order valence-corrected chi connectivity index (χ2v) is 11.7. The summed E-state index contributed by atoms with van der Waals surface area (Å²) in [7, 11) is 0. The van der Waals surface area contributed by atoms with Crippen molar-refractivity contribution >= 4 is 32.3 Å². The van der Waals surface area contributed by atoms with Crippen molar-refractivity contribution in [2.75, 3.05) is 0 Å². The van der Waals surface area contributed by atoms with Crippen LogP contribution in [0.2, 0.25) is 0 Å². The summed E-state index contributed by atoms with van der Waals surface area (Å²) < 4.78 is 6.20. The van der Waals surface area contributed by atoms with Crippen molar-refractivity contribution in [3.8, 4) is 39.1 Å². The van der Waals surface area contributed by atoms with Gasteiger partial charge in [-0.05, 0) is 96.9 Å². The monoisotopic (exact) mass is 536 g/mol. The first kappa shape index (κ1) is 23.6. The second kappa shape index (κ2) is 8.93. The van der Waals surface area contributed by atoms with Crippen LogP contribution in [0.25, 0.3) is 65.7 Å². The van der Waals surface area contributed by atoms with Crippen LogP contribution in [-0.2, 0) is 0 Å². The lowest BCUT2D eigenvalue weighted by atomic mass is 9.86. The topological polar surface area (TPSA) is 9.23 Å². The molecule has 0 bridgehead atoms. The molecule has 1 aliphatic carbocycles. The number of ether oxygens (including phenoxy) is 1. The molecule has 0 radical (unpaired) electrons. The summed E-state index contributed by atoms with van der Waals surface area (Å²) in [6.45, 7) is 2.14. The Bertz CT molecular complexity index is 2230. The number of rotatable bonds is 3. The van der Waals surface area contributed by atoms with Gasteiger partial charge in [-0.15, -0.1) is 0 Å². The van der Waals surface area contributed by atoms with Gasteiger partial charge in [-0.1, -0.05) is 121 Å². The highest BCUT2D eigenvalue weighted by Crippen LogP contribution is 2.45. The molecule has 1 nitrogen and oxygen atoms in total. The fourth-order valence-electron chi connectivity index (χ4n) is 7.13. The predicted octanol–water partition coefficient (Wildman–Crippen LogP) is 10.9. The van der Waals surface area contributed by atoms with Crippen molar-refractivity contribution in [3.05, 3.63) is 151 Å². The van der Waals surface area contributed by atoms with Crippen molar-refractivity contribution in [2.24, 2.45) is 0 Å². The molecule has 0 fully saturated rings. The van der Waals surface area contributed by atoms with E-state index in [-0.39, 0.29) is 12.0 Å². The molecular weight excluding hydrogens is 508 g/mol. The van der Waals surface area contributed by atoms with Gasteiger partial charge in [0.15, 0.2) is 0 Å². The first-order chi connectivity index (χ1) is 20.7. The summed E-state index contributed by atoms with van der Waals surface area (Å²) >= 11 is 0. The van der Waals surface area contributed by atoms with Crippen molar-refractivity contribution in [2.45, 2.75) is 18.9 Å². The fourth-order valence-corrected chi connectivity index (χ4v) is 7.13. The molecule has 1 heterocycles. The lowest BCUT2D eigenvalue weighted by Crippen LogP contribution is -2.15. The van der Waals surface area contributed by atoms with Crippen molar-refractivity contribution in [3.63, 3.8) is 0 Å². The van der Waals surface area contributed by atoms with Crippen molar-refractivity contribution in [1.82, 2.24) is 0 Å². The number of hydrogen-bond donors (Lipinski definition) is 0. The van der Waals surface area contributed by atoms with E-state index in [0.29, 0.717) is 0 Å². The van der Waals surface area contributed by atoms with Crippen LogP contribution in [0.3, 0.4) is 0 Å². The molecule has 7 aromatic rings. The molecule has 0 saturated heterocycles. The van der Waals surface area contributed by atoms with Gasteiger partial charge in [0.25, 0.3) is 0 Å². The van der Waals surface area contributed by atoms with Crippen LogP contribution in [0, 0.1) is 6.92 Å². The number of aryl methyl sites for hydroxylation is 1. The Hall–Kier alpha value is -5.14. The van der Waals surface area contributed by atoms with Crippen LogP contribution in [0.1, 0.15) is 17.0 Å². The average molecular weight is 537 g/mol. The molecule has 42 heavy (non-hydrogen) atoms. The zero-order valence-corrected chi connectivity index (χ0v) is 23.3. The summed E-state index contributed by atoms with van der Waals surface area (Å²) in [4.78, 5) is 0. The quantitative estimate of drug-likeness (QED) is 0.204. The standard InChI is InChI=1S/C41H28O/c1-25-9-11-26(12-10-25)32-18-13-27-16-21-36-33(19-14-28-15-20-35(32)40(27)41(28)36)31-6-4-5-29(23-31)30-17-22-39-37(24-30)34-7-2-3-8-38(34)42-39/h2-24,34,38H,1H3. The van der Waals surface area contributed by atoms with Crippen molar-refractivity contribution in [1.29, 1.82) is 0 Å². The molecule has 9 rings (SSSR count). The van der Waals surface area contributed by atoms with E-state index in [1.807, 2.05) is 0 Å². The Morgan fingerprint density at radius 1 is 0.524 bits per heavy atom. The minimum absolute atomic E-state index is 0.107. The number of allylic oxidation sites excluding steroid dienone is 2. The third-order valence-electron chi connectivity index (χ3n) is 9.25. The Morgan fingerprint density at radius 2 is 1.14 bits per heavy atom. The average Bonchev–Trinajstić information content (AvgIpc) is 3.42. The second-order valence-electron chi connectivity index (χ2n) is 11.7. The third-order valence-corrected chi connectivity index (χ3v) is 9.25. The molecule has 2 aliphatic rings. The van der Waals surface area contributed by atoms with Crippen LogP contribution < -0.4 is 4.74 Å². The normalized spacial score (nSPS) is 17.2. The molecular formula is C41H28O. The van der Waals surface area contributed by atoms with E-state index in [4.69, 9.17) is 4.74 Å². The van der Waals surface area contributed by atoms with E-state index in [0.717, 1.165) is 5.75 Å². The summed E-state index contributed by atoms with van der Waals surface area (Å²) in [5, 5.41) is 7.88. The van der Waals surface area contributed by atoms with Crippen LogP contribution in [0.5, 0.6) is 5.75 Å². The van der Waals surface area contributed by atoms with Crippen LogP contribution >= 0.6 is 0 Å². The lowest BCUT2D eigenvalue weighted by Gasteiger charge is -2.17. The van der Waals surface area contributed by atoms with Gasteiger partial charge >= 0.3 is 0 Å².